The summed E-state index contributed by atoms with van der Waals surface area (Å²) in [6.07, 6.45) is -0.486. The fraction of sp³-hybridized carbons (Fsp3) is 0.160. The average molecular weight is 481 g/mol. The molecule has 33 heavy (non-hydrogen) atoms. The number of anilines is 1. The van der Waals surface area contributed by atoms with Gasteiger partial charge in [-0.1, -0.05) is 60.1 Å². The number of hydrogen-bond acceptors (Lipinski definition) is 3. The summed E-state index contributed by atoms with van der Waals surface area (Å²) < 4.78 is 13.8. The second-order valence-corrected chi connectivity index (χ2v) is 8.39. The summed E-state index contributed by atoms with van der Waals surface area (Å²) in [6.45, 7) is 0.411. The Labute approximate surface area is 202 Å². The number of halogens is 2. The summed E-state index contributed by atoms with van der Waals surface area (Å²) in [5, 5.41) is 6.86. The van der Waals surface area contributed by atoms with E-state index in [9.17, 15) is 9.18 Å². The van der Waals surface area contributed by atoms with Crippen LogP contribution in [-0.4, -0.2) is 36.5 Å². The molecule has 3 aromatic carbocycles. The summed E-state index contributed by atoms with van der Waals surface area (Å²) in [4.78, 5) is 19.5. The molecule has 1 aliphatic heterocycles. The number of amides is 1. The molecule has 1 atom stereocenters. The lowest BCUT2D eigenvalue weighted by Gasteiger charge is -2.22. The fourth-order valence-corrected chi connectivity index (χ4v) is 4.04. The first kappa shape index (κ1) is 22.9. The van der Waals surface area contributed by atoms with Gasteiger partial charge in [0, 0.05) is 29.7 Å². The molecule has 1 aliphatic rings. The standard InChI is InChI=1S/C25H22ClFN4OS/c1-31-21-12-11-18(26)15-19(21)22(17-8-3-2-4-9-17)29-23(24(31)32)30-25(33)28-14-13-16-7-5-6-10-20(16)27/h2-12,15,23H,13-14H2,1H3,(H2,28,30,33). The maximum absolute atomic E-state index is 13.8. The number of fused-ring (bicyclic) bond motifs is 1. The van der Waals surface area contributed by atoms with E-state index in [2.05, 4.69) is 10.6 Å². The molecule has 0 spiro atoms. The molecule has 0 radical (unpaired) electrons. The molecular weight excluding hydrogens is 459 g/mol. The third-order valence-corrected chi connectivity index (χ3v) is 5.85. The number of aliphatic imine (C=N–C) groups is 1. The number of carbonyl (C=O) groups is 1. The van der Waals surface area contributed by atoms with Crippen LogP contribution in [0.5, 0.6) is 0 Å². The predicted octanol–water partition coefficient (Wildman–Crippen LogP) is 4.33. The van der Waals surface area contributed by atoms with E-state index in [1.807, 2.05) is 30.3 Å². The van der Waals surface area contributed by atoms with Crippen molar-refractivity contribution in [2.45, 2.75) is 12.6 Å². The Balaban J connectivity index is 1.57. The maximum atomic E-state index is 13.8. The summed E-state index contributed by atoms with van der Waals surface area (Å²) in [7, 11) is 1.70. The second kappa shape index (κ2) is 10.1. The SMILES string of the molecule is CN1C(=O)C(NC(=S)NCCc2ccccc2F)N=C(c2ccccc2)c2cc(Cl)ccc21. The van der Waals surface area contributed by atoms with E-state index < -0.39 is 6.17 Å². The molecular formula is C25H22ClFN4OS. The summed E-state index contributed by atoms with van der Waals surface area (Å²) in [5.41, 5.74) is 3.55. The number of benzodiazepines with no additional fused rings is 1. The van der Waals surface area contributed by atoms with Gasteiger partial charge >= 0.3 is 0 Å². The third-order valence-electron chi connectivity index (χ3n) is 5.35. The molecule has 1 unspecified atom stereocenters. The van der Waals surface area contributed by atoms with Crippen LogP contribution in [0.15, 0.2) is 77.8 Å². The molecule has 5 nitrogen and oxygen atoms in total. The molecule has 0 aliphatic carbocycles. The number of hydrogen-bond donors (Lipinski definition) is 2. The van der Waals surface area contributed by atoms with Crippen molar-refractivity contribution in [1.29, 1.82) is 0 Å². The number of likely N-dealkylation sites (N-methyl/N-ethyl adjacent to an activating group) is 1. The Hall–Kier alpha value is -3.29. The molecule has 3 aromatic rings. The van der Waals surface area contributed by atoms with Crippen molar-refractivity contribution in [3.63, 3.8) is 0 Å². The number of thiocarbonyl (C=S) groups is 1. The Bertz CT molecular complexity index is 1220. The molecule has 168 valence electrons. The normalized spacial score (nSPS) is 15.4. The number of nitrogens with one attached hydrogen (secondary N) is 2. The van der Waals surface area contributed by atoms with Crippen molar-refractivity contribution < 1.29 is 9.18 Å². The number of nitrogens with zero attached hydrogens (tertiary/aromatic N) is 2. The molecule has 0 aromatic heterocycles. The van der Waals surface area contributed by atoms with E-state index in [0.717, 1.165) is 11.1 Å². The molecule has 0 saturated heterocycles. The van der Waals surface area contributed by atoms with Crippen LogP contribution < -0.4 is 15.5 Å². The van der Waals surface area contributed by atoms with Crippen LogP contribution >= 0.6 is 23.8 Å². The Morgan fingerprint density at radius 3 is 2.61 bits per heavy atom. The first-order chi connectivity index (χ1) is 15.9. The maximum Gasteiger partial charge on any atom is 0.272 e. The molecule has 1 heterocycles. The smallest absolute Gasteiger partial charge is 0.272 e. The van der Waals surface area contributed by atoms with Crippen molar-refractivity contribution in [3.05, 3.63) is 100 Å². The van der Waals surface area contributed by atoms with Crippen LogP contribution in [0.2, 0.25) is 5.02 Å². The number of benzene rings is 3. The highest BCUT2D eigenvalue weighted by atomic mass is 35.5. The van der Waals surface area contributed by atoms with Crippen molar-refractivity contribution in [2.75, 3.05) is 18.5 Å². The molecule has 2 N–H and O–H groups in total. The molecule has 0 fully saturated rings. The lowest BCUT2D eigenvalue weighted by molar-refractivity contribution is -0.119. The van der Waals surface area contributed by atoms with Crippen molar-refractivity contribution >= 4 is 46.2 Å². The average Bonchev–Trinajstić information content (AvgIpc) is 2.91. The fourth-order valence-electron chi connectivity index (χ4n) is 3.65. The highest BCUT2D eigenvalue weighted by Gasteiger charge is 2.30. The van der Waals surface area contributed by atoms with Crippen molar-refractivity contribution in [3.8, 4) is 0 Å². The zero-order chi connectivity index (χ0) is 23.4. The van der Waals surface area contributed by atoms with Gasteiger partial charge in [0.2, 0.25) is 6.17 Å². The van der Waals surface area contributed by atoms with E-state index in [4.69, 9.17) is 28.8 Å². The largest absolute Gasteiger partial charge is 0.362 e. The quantitative estimate of drug-likeness (QED) is 0.534. The predicted molar refractivity (Wildman–Crippen MR) is 135 cm³/mol. The van der Waals surface area contributed by atoms with Gasteiger partial charge in [0.05, 0.1) is 11.4 Å². The van der Waals surface area contributed by atoms with E-state index >= 15 is 0 Å². The first-order valence-corrected chi connectivity index (χ1v) is 11.2. The number of carbonyl (C=O) groups excluding carboxylic acids is 1. The molecule has 0 saturated carbocycles. The van der Waals surface area contributed by atoms with Gasteiger partial charge in [0.25, 0.3) is 5.91 Å². The number of rotatable bonds is 5. The summed E-state index contributed by atoms with van der Waals surface area (Å²) in [5.74, 6) is -0.518. The molecule has 0 bridgehead atoms. The van der Waals surface area contributed by atoms with Gasteiger partial charge in [-0.25, -0.2) is 9.38 Å². The third kappa shape index (κ3) is 5.21. The van der Waals surface area contributed by atoms with Crippen LogP contribution in [0.25, 0.3) is 0 Å². The van der Waals surface area contributed by atoms with Gasteiger partial charge in [-0.3, -0.25) is 4.79 Å². The van der Waals surface area contributed by atoms with Gasteiger partial charge in [-0.15, -0.1) is 0 Å². The van der Waals surface area contributed by atoms with Crippen molar-refractivity contribution in [2.24, 2.45) is 4.99 Å². The molecule has 8 heteroatoms. The monoisotopic (exact) mass is 480 g/mol. The van der Waals surface area contributed by atoms with Gasteiger partial charge in [0.1, 0.15) is 5.82 Å². The van der Waals surface area contributed by atoms with E-state index in [1.54, 1.807) is 48.3 Å². The summed E-state index contributed by atoms with van der Waals surface area (Å²) >= 11 is 11.7. The second-order valence-electron chi connectivity index (χ2n) is 7.55. The van der Waals surface area contributed by atoms with Crippen LogP contribution in [0.3, 0.4) is 0 Å². The van der Waals surface area contributed by atoms with Gasteiger partial charge in [-0.05, 0) is 48.5 Å². The van der Waals surface area contributed by atoms with E-state index in [1.165, 1.54) is 6.07 Å². The Morgan fingerprint density at radius 2 is 1.85 bits per heavy atom. The van der Waals surface area contributed by atoms with E-state index in [0.29, 0.717) is 35.0 Å². The Kier molecular flexibility index (Phi) is 7.01. The van der Waals surface area contributed by atoms with Gasteiger partial charge < -0.3 is 15.5 Å². The highest BCUT2D eigenvalue weighted by Crippen LogP contribution is 2.29. The van der Waals surface area contributed by atoms with Crippen LogP contribution in [-0.2, 0) is 11.2 Å². The summed E-state index contributed by atoms with van der Waals surface area (Å²) in [6, 6.07) is 21.6. The van der Waals surface area contributed by atoms with Crippen LogP contribution in [0.4, 0.5) is 10.1 Å². The van der Waals surface area contributed by atoms with Crippen LogP contribution in [0, 0.1) is 5.82 Å². The highest BCUT2D eigenvalue weighted by molar-refractivity contribution is 7.80. The zero-order valence-corrected chi connectivity index (χ0v) is 19.5. The minimum absolute atomic E-state index is 0.257. The van der Waals surface area contributed by atoms with E-state index in [-0.39, 0.29) is 16.8 Å². The molecule has 1 amide bonds. The van der Waals surface area contributed by atoms with Crippen molar-refractivity contribution in [1.82, 2.24) is 10.6 Å². The molecule has 4 rings (SSSR count). The van der Waals surface area contributed by atoms with Gasteiger partial charge in [-0.2, -0.15) is 0 Å². The lowest BCUT2D eigenvalue weighted by Crippen LogP contribution is -2.49. The minimum atomic E-state index is -0.940. The lowest BCUT2D eigenvalue weighted by atomic mass is 10.0. The van der Waals surface area contributed by atoms with Gasteiger partial charge in [0.15, 0.2) is 5.11 Å². The Morgan fingerprint density at radius 1 is 1.12 bits per heavy atom. The first-order valence-electron chi connectivity index (χ1n) is 10.4. The topological polar surface area (TPSA) is 56.7 Å². The van der Waals surface area contributed by atoms with Crippen LogP contribution in [0.1, 0.15) is 16.7 Å². The minimum Gasteiger partial charge on any atom is -0.362 e. The zero-order valence-electron chi connectivity index (χ0n) is 17.9.